The van der Waals surface area contributed by atoms with Crippen LogP contribution in [-0.4, -0.2) is 44.2 Å². The molecule has 0 saturated carbocycles. The highest BCUT2D eigenvalue weighted by Crippen LogP contribution is 2.57. The van der Waals surface area contributed by atoms with Crippen LogP contribution in [0.4, 0.5) is 0 Å². The van der Waals surface area contributed by atoms with Gasteiger partial charge in [0.1, 0.15) is 22.5 Å². The van der Waals surface area contributed by atoms with E-state index in [-0.39, 0.29) is 25.0 Å². The van der Waals surface area contributed by atoms with Crippen molar-refractivity contribution in [1.82, 2.24) is 4.31 Å². The second-order valence-corrected chi connectivity index (χ2v) is 10.8. The molecule has 3 aromatic carbocycles. The quantitative estimate of drug-likeness (QED) is 0.373. The summed E-state index contributed by atoms with van der Waals surface area (Å²) in [5, 5.41) is 9.62. The highest BCUT2D eigenvalue weighted by molar-refractivity contribution is 8.22. The van der Waals surface area contributed by atoms with E-state index in [1.54, 1.807) is 29.6 Å². The number of benzene rings is 3. The minimum atomic E-state index is -3.28. The van der Waals surface area contributed by atoms with E-state index >= 15 is 0 Å². The number of hydrogen-bond acceptors (Lipinski definition) is 6. The number of methoxy groups -OCH3 is 1. The SMILES string of the molecule is COc1cccc(C(CC(=O)O)c2ccc(C)c(CN3CC(C)Oc4ccccc4S3(O)O)c2)c1. The Balaban J connectivity index is 1.71. The predicted octanol–water partition coefficient (Wildman–Crippen LogP) is 5.92. The van der Waals surface area contributed by atoms with Gasteiger partial charge in [0.2, 0.25) is 0 Å². The number of carboxylic acids is 1. The Labute approximate surface area is 207 Å². The highest BCUT2D eigenvalue weighted by Gasteiger charge is 2.34. The third kappa shape index (κ3) is 5.46. The molecule has 0 radical (unpaired) electrons. The van der Waals surface area contributed by atoms with Crippen molar-refractivity contribution in [2.75, 3.05) is 13.7 Å². The van der Waals surface area contributed by atoms with Crippen molar-refractivity contribution >= 4 is 16.7 Å². The lowest BCUT2D eigenvalue weighted by Gasteiger charge is -2.42. The lowest BCUT2D eigenvalue weighted by molar-refractivity contribution is -0.137. The number of hydrogen-bond donors (Lipinski definition) is 3. The summed E-state index contributed by atoms with van der Waals surface area (Å²) in [6.45, 7) is 4.48. The molecule has 1 aliphatic heterocycles. The zero-order chi connectivity index (χ0) is 25.2. The summed E-state index contributed by atoms with van der Waals surface area (Å²) in [5.41, 5.74) is 3.57. The normalized spacial score (nSPS) is 19.1. The van der Waals surface area contributed by atoms with Gasteiger partial charge in [0.25, 0.3) is 0 Å². The largest absolute Gasteiger partial charge is 0.497 e. The molecule has 1 aliphatic rings. The van der Waals surface area contributed by atoms with Crippen molar-refractivity contribution in [3.63, 3.8) is 0 Å². The van der Waals surface area contributed by atoms with E-state index in [4.69, 9.17) is 9.47 Å². The number of rotatable bonds is 7. The molecule has 7 nitrogen and oxygen atoms in total. The molecule has 0 aromatic heterocycles. The van der Waals surface area contributed by atoms with Crippen LogP contribution in [0.15, 0.2) is 71.6 Å². The maximum atomic E-state index is 11.7. The second-order valence-electron chi connectivity index (χ2n) is 8.83. The van der Waals surface area contributed by atoms with Gasteiger partial charge in [0.15, 0.2) is 0 Å². The third-order valence-corrected chi connectivity index (χ3v) is 8.22. The Kier molecular flexibility index (Phi) is 7.37. The van der Waals surface area contributed by atoms with E-state index in [1.807, 2.05) is 62.4 Å². The fraction of sp³-hybridized carbons (Fsp3) is 0.296. The topological polar surface area (TPSA) is 99.5 Å². The van der Waals surface area contributed by atoms with Crippen LogP contribution in [0.5, 0.6) is 11.5 Å². The van der Waals surface area contributed by atoms with Crippen molar-refractivity contribution in [2.24, 2.45) is 0 Å². The van der Waals surface area contributed by atoms with Crippen LogP contribution in [-0.2, 0) is 11.3 Å². The van der Waals surface area contributed by atoms with Crippen molar-refractivity contribution in [3.05, 3.63) is 89.0 Å². The zero-order valence-electron chi connectivity index (χ0n) is 20.0. The van der Waals surface area contributed by atoms with Crippen molar-refractivity contribution in [2.45, 2.75) is 43.7 Å². The van der Waals surface area contributed by atoms with Crippen molar-refractivity contribution in [1.29, 1.82) is 0 Å². The monoisotopic (exact) mass is 497 g/mol. The Bertz CT molecular complexity index is 1210. The number of ether oxygens (including phenoxy) is 2. The van der Waals surface area contributed by atoms with Crippen LogP contribution in [0.25, 0.3) is 0 Å². The Morgan fingerprint density at radius 1 is 1.11 bits per heavy atom. The first-order chi connectivity index (χ1) is 16.7. The number of aliphatic carboxylic acids is 1. The number of para-hydroxylation sites is 1. The van der Waals surface area contributed by atoms with Gasteiger partial charge < -0.3 is 14.6 Å². The number of fused-ring (bicyclic) bond motifs is 1. The van der Waals surface area contributed by atoms with E-state index in [2.05, 4.69) is 0 Å². The minimum Gasteiger partial charge on any atom is -0.497 e. The molecule has 35 heavy (non-hydrogen) atoms. The molecule has 0 bridgehead atoms. The van der Waals surface area contributed by atoms with Gasteiger partial charge >= 0.3 is 5.97 Å². The lowest BCUT2D eigenvalue weighted by atomic mass is 9.87. The Hall–Kier alpha value is -3.04. The molecule has 2 atom stereocenters. The van der Waals surface area contributed by atoms with Gasteiger partial charge in [-0.05, 0) is 60.4 Å². The smallest absolute Gasteiger partial charge is 0.304 e. The van der Waals surface area contributed by atoms with Crippen LogP contribution in [0, 0.1) is 6.92 Å². The van der Waals surface area contributed by atoms with Crippen LogP contribution in [0.3, 0.4) is 0 Å². The van der Waals surface area contributed by atoms with Crippen molar-refractivity contribution < 1.29 is 28.5 Å². The molecule has 1 heterocycles. The molecule has 8 heteroatoms. The van der Waals surface area contributed by atoms with E-state index in [0.717, 1.165) is 22.3 Å². The van der Waals surface area contributed by atoms with E-state index in [9.17, 15) is 19.0 Å². The molecule has 2 unspecified atom stereocenters. The third-order valence-electron chi connectivity index (χ3n) is 6.29. The van der Waals surface area contributed by atoms with Gasteiger partial charge in [-0.2, -0.15) is 4.31 Å². The van der Waals surface area contributed by atoms with Crippen LogP contribution < -0.4 is 9.47 Å². The molecule has 0 fully saturated rings. The average Bonchev–Trinajstić information content (AvgIpc) is 2.92. The van der Waals surface area contributed by atoms with Gasteiger partial charge in [-0.1, -0.05) is 42.5 Å². The summed E-state index contributed by atoms with van der Waals surface area (Å²) in [6.07, 6.45) is -0.322. The van der Waals surface area contributed by atoms with Gasteiger partial charge in [0, 0.05) is 12.5 Å². The van der Waals surface area contributed by atoms with E-state index in [1.165, 1.54) is 0 Å². The first kappa shape index (κ1) is 25.1. The summed E-state index contributed by atoms with van der Waals surface area (Å²) < 4.78 is 35.5. The standard InChI is InChI=1S/C27H31NO6S/c1-18-11-12-21(24(15-27(29)30)20-7-6-8-23(14-20)33-3)13-22(18)17-28-16-19(2)34-25-9-4-5-10-26(25)35(28,31)32/h4-14,19,24,31-32H,15-17H2,1-3H3,(H,29,30). The molecule has 0 aliphatic carbocycles. The average molecular weight is 498 g/mol. The van der Waals surface area contributed by atoms with Crippen molar-refractivity contribution in [3.8, 4) is 11.5 Å². The lowest BCUT2D eigenvalue weighted by Crippen LogP contribution is -2.33. The maximum Gasteiger partial charge on any atom is 0.304 e. The summed E-state index contributed by atoms with van der Waals surface area (Å²) in [6, 6.07) is 20.3. The van der Waals surface area contributed by atoms with Gasteiger partial charge in [-0.25, -0.2) is 0 Å². The number of nitrogens with zero attached hydrogens (tertiary/aromatic N) is 1. The van der Waals surface area contributed by atoms with Crippen LogP contribution >= 0.6 is 10.8 Å². The minimum absolute atomic E-state index is 0.0766. The Morgan fingerprint density at radius 3 is 2.60 bits per heavy atom. The predicted molar refractivity (Wildman–Crippen MR) is 136 cm³/mol. The molecule has 3 N–H and O–H groups in total. The molecular formula is C27H31NO6S. The summed E-state index contributed by atoms with van der Waals surface area (Å²) in [4.78, 5) is 12.1. The van der Waals surface area contributed by atoms with Gasteiger partial charge in [0.05, 0.1) is 20.1 Å². The molecule has 4 rings (SSSR count). The summed E-state index contributed by atoms with van der Waals surface area (Å²) in [7, 11) is -1.70. The molecule has 186 valence electrons. The molecule has 0 saturated heterocycles. The zero-order valence-corrected chi connectivity index (χ0v) is 20.9. The first-order valence-corrected chi connectivity index (χ1v) is 12.9. The molecule has 3 aromatic rings. The molecule has 0 amide bonds. The van der Waals surface area contributed by atoms with E-state index < -0.39 is 16.7 Å². The van der Waals surface area contributed by atoms with Crippen LogP contribution in [0.1, 0.15) is 41.5 Å². The van der Waals surface area contributed by atoms with Gasteiger partial charge in [-0.15, -0.1) is 10.8 Å². The first-order valence-electron chi connectivity index (χ1n) is 11.4. The number of aryl methyl sites for hydroxylation is 1. The highest BCUT2D eigenvalue weighted by atomic mass is 32.3. The summed E-state index contributed by atoms with van der Waals surface area (Å²) >= 11 is 0. The number of carboxylic acid groups (broad SMARTS) is 1. The second kappa shape index (κ2) is 10.3. The Morgan fingerprint density at radius 2 is 1.86 bits per heavy atom. The fourth-order valence-corrected chi connectivity index (χ4v) is 6.10. The number of carbonyl (C=O) groups is 1. The molecular weight excluding hydrogens is 466 g/mol. The maximum absolute atomic E-state index is 11.7. The van der Waals surface area contributed by atoms with Gasteiger partial charge in [-0.3, -0.25) is 13.9 Å². The van der Waals surface area contributed by atoms with Crippen LogP contribution in [0.2, 0.25) is 0 Å². The summed E-state index contributed by atoms with van der Waals surface area (Å²) in [5.74, 6) is -0.137. The van der Waals surface area contributed by atoms with E-state index in [0.29, 0.717) is 22.9 Å². The molecule has 0 spiro atoms. The fourth-order valence-electron chi connectivity index (χ4n) is 4.44.